The Morgan fingerprint density at radius 1 is 1.74 bits per heavy atom. The number of hydrogen-bond acceptors (Lipinski definition) is 5. The van der Waals surface area contributed by atoms with Crippen LogP contribution < -0.4 is 5.32 Å². The van der Waals surface area contributed by atoms with Crippen LogP contribution in [0.3, 0.4) is 0 Å². The van der Waals surface area contributed by atoms with E-state index in [-0.39, 0.29) is 5.92 Å². The van der Waals surface area contributed by atoms with Gasteiger partial charge in [-0.3, -0.25) is 4.79 Å². The minimum absolute atomic E-state index is 0.190. The van der Waals surface area contributed by atoms with E-state index in [1.165, 1.54) is 0 Å². The second kappa shape index (κ2) is 5.92. The van der Waals surface area contributed by atoms with E-state index >= 15 is 0 Å². The van der Waals surface area contributed by atoms with Crippen LogP contribution >= 0.6 is 11.8 Å². The molecule has 2 N–H and O–H groups in total. The Labute approximate surface area is 117 Å². The highest BCUT2D eigenvalue weighted by molar-refractivity contribution is 7.99. The molecule has 1 aromatic rings. The maximum atomic E-state index is 11.5. The fourth-order valence-corrected chi connectivity index (χ4v) is 3.82. The van der Waals surface area contributed by atoms with E-state index in [1.807, 2.05) is 11.6 Å². The number of rotatable bonds is 6. The molecule has 0 amide bonds. The van der Waals surface area contributed by atoms with Crippen molar-refractivity contribution in [1.82, 2.24) is 20.1 Å². The SMILES string of the molecule is CNC1(C(=O)O)CCCC1CCSc1nncn1C. The number of aromatic nitrogens is 3. The summed E-state index contributed by atoms with van der Waals surface area (Å²) in [5, 5.41) is 21.2. The van der Waals surface area contributed by atoms with Crippen molar-refractivity contribution in [3.8, 4) is 0 Å². The van der Waals surface area contributed by atoms with Crippen LogP contribution in [-0.2, 0) is 11.8 Å². The van der Waals surface area contributed by atoms with E-state index in [0.29, 0.717) is 0 Å². The fourth-order valence-electron chi connectivity index (χ4n) is 2.88. The van der Waals surface area contributed by atoms with Gasteiger partial charge in [0.2, 0.25) is 0 Å². The van der Waals surface area contributed by atoms with Crippen molar-refractivity contribution in [3.63, 3.8) is 0 Å². The highest BCUT2D eigenvalue weighted by Crippen LogP contribution is 2.39. The molecule has 7 heteroatoms. The Bertz CT molecular complexity index is 451. The summed E-state index contributed by atoms with van der Waals surface area (Å²) >= 11 is 1.63. The van der Waals surface area contributed by atoms with Crippen molar-refractivity contribution < 1.29 is 9.90 Å². The first kappa shape index (κ1) is 14.3. The average Bonchev–Trinajstić information content (AvgIpc) is 2.97. The molecule has 0 aliphatic heterocycles. The molecule has 2 unspecified atom stereocenters. The first-order chi connectivity index (χ1) is 9.10. The van der Waals surface area contributed by atoms with Crippen LogP contribution in [0.25, 0.3) is 0 Å². The zero-order valence-electron chi connectivity index (χ0n) is 11.3. The fraction of sp³-hybridized carbons (Fsp3) is 0.750. The summed E-state index contributed by atoms with van der Waals surface area (Å²) in [6, 6.07) is 0. The topological polar surface area (TPSA) is 80.0 Å². The molecule has 6 nitrogen and oxygen atoms in total. The molecule has 0 radical (unpaired) electrons. The molecule has 1 aliphatic carbocycles. The van der Waals surface area contributed by atoms with Crippen LogP contribution in [0.1, 0.15) is 25.7 Å². The van der Waals surface area contributed by atoms with Gasteiger partial charge < -0.3 is 15.0 Å². The van der Waals surface area contributed by atoms with Gasteiger partial charge in [0.25, 0.3) is 0 Å². The van der Waals surface area contributed by atoms with Crippen molar-refractivity contribution in [2.75, 3.05) is 12.8 Å². The van der Waals surface area contributed by atoms with Gasteiger partial charge in [-0.15, -0.1) is 10.2 Å². The monoisotopic (exact) mass is 284 g/mol. The zero-order chi connectivity index (χ0) is 13.9. The summed E-state index contributed by atoms with van der Waals surface area (Å²) in [5.74, 6) is 0.338. The van der Waals surface area contributed by atoms with Gasteiger partial charge in [-0.2, -0.15) is 0 Å². The van der Waals surface area contributed by atoms with Gasteiger partial charge in [0.05, 0.1) is 0 Å². The second-order valence-corrected chi connectivity index (χ2v) is 6.04. The molecule has 2 rings (SSSR count). The maximum absolute atomic E-state index is 11.5. The molecule has 0 saturated heterocycles. The number of hydrogen-bond donors (Lipinski definition) is 2. The van der Waals surface area contributed by atoms with Gasteiger partial charge in [0.15, 0.2) is 5.16 Å². The number of carboxylic acids is 1. The molecule has 1 heterocycles. The summed E-state index contributed by atoms with van der Waals surface area (Å²) < 4.78 is 1.88. The molecular weight excluding hydrogens is 264 g/mol. The second-order valence-electron chi connectivity index (χ2n) is 4.98. The molecule has 0 bridgehead atoms. The van der Waals surface area contributed by atoms with Gasteiger partial charge in [0, 0.05) is 12.8 Å². The molecule has 1 saturated carbocycles. The van der Waals surface area contributed by atoms with Crippen LogP contribution in [0.2, 0.25) is 0 Å². The summed E-state index contributed by atoms with van der Waals surface area (Å²) in [5.41, 5.74) is -0.736. The van der Waals surface area contributed by atoms with E-state index in [2.05, 4.69) is 15.5 Å². The standard InChI is InChI=1S/C12H20N4O2S/c1-13-12(10(17)18)6-3-4-9(12)5-7-19-11-15-14-8-16(11)2/h8-9,13H,3-7H2,1-2H3,(H,17,18). The van der Waals surface area contributed by atoms with Crippen molar-refractivity contribution in [2.24, 2.45) is 13.0 Å². The minimum atomic E-state index is -0.736. The molecule has 1 fully saturated rings. The van der Waals surface area contributed by atoms with Crippen LogP contribution in [-0.4, -0.2) is 44.2 Å². The molecule has 0 aromatic carbocycles. The first-order valence-corrected chi connectivity index (χ1v) is 7.48. The maximum Gasteiger partial charge on any atom is 0.324 e. The van der Waals surface area contributed by atoms with E-state index in [1.54, 1.807) is 25.1 Å². The molecule has 0 spiro atoms. The Hall–Kier alpha value is -1.08. The normalized spacial score (nSPS) is 26.7. The summed E-state index contributed by atoms with van der Waals surface area (Å²) in [6.45, 7) is 0. The average molecular weight is 284 g/mol. The van der Waals surface area contributed by atoms with Crippen LogP contribution in [0.5, 0.6) is 0 Å². The first-order valence-electron chi connectivity index (χ1n) is 6.49. The van der Waals surface area contributed by atoms with E-state index in [4.69, 9.17) is 0 Å². The van der Waals surface area contributed by atoms with E-state index < -0.39 is 11.5 Å². The number of thioether (sulfide) groups is 1. The van der Waals surface area contributed by atoms with E-state index in [9.17, 15) is 9.90 Å². The molecule has 106 valence electrons. The van der Waals surface area contributed by atoms with Gasteiger partial charge in [-0.05, 0) is 32.2 Å². The number of carbonyl (C=O) groups is 1. The number of nitrogens with zero attached hydrogens (tertiary/aromatic N) is 3. The minimum Gasteiger partial charge on any atom is -0.480 e. The lowest BCUT2D eigenvalue weighted by atomic mass is 9.85. The lowest BCUT2D eigenvalue weighted by molar-refractivity contribution is -0.146. The Balaban J connectivity index is 1.92. The predicted octanol–water partition coefficient (Wildman–Crippen LogP) is 1.14. The van der Waals surface area contributed by atoms with Gasteiger partial charge >= 0.3 is 5.97 Å². The smallest absolute Gasteiger partial charge is 0.324 e. The zero-order valence-corrected chi connectivity index (χ0v) is 12.1. The highest BCUT2D eigenvalue weighted by atomic mass is 32.2. The largest absolute Gasteiger partial charge is 0.480 e. The van der Waals surface area contributed by atoms with E-state index in [0.717, 1.165) is 36.6 Å². The van der Waals surface area contributed by atoms with Gasteiger partial charge in [-0.1, -0.05) is 18.2 Å². The van der Waals surface area contributed by atoms with Crippen molar-refractivity contribution >= 4 is 17.7 Å². The van der Waals surface area contributed by atoms with Gasteiger partial charge in [-0.25, -0.2) is 0 Å². The van der Waals surface area contributed by atoms with Gasteiger partial charge in [0.1, 0.15) is 11.9 Å². The number of aliphatic carboxylic acids is 1. The van der Waals surface area contributed by atoms with Crippen molar-refractivity contribution in [3.05, 3.63) is 6.33 Å². The Kier molecular flexibility index (Phi) is 4.46. The van der Waals surface area contributed by atoms with Crippen LogP contribution in [0, 0.1) is 5.92 Å². The molecule has 2 atom stereocenters. The van der Waals surface area contributed by atoms with Crippen LogP contribution in [0.4, 0.5) is 0 Å². The lowest BCUT2D eigenvalue weighted by Gasteiger charge is -2.30. The number of aryl methyl sites for hydroxylation is 1. The number of carboxylic acid groups (broad SMARTS) is 1. The summed E-state index contributed by atoms with van der Waals surface area (Å²) in [7, 11) is 3.66. The Morgan fingerprint density at radius 3 is 3.11 bits per heavy atom. The third-order valence-corrected chi connectivity index (χ3v) is 5.08. The van der Waals surface area contributed by atoms with Crippen molar-refractivity contribution in [2.45, 2.75) is 36.4 Å². The highest BCUT2D eigenvalue weighted by Gasteiger charge is 2.47. The molecule has 19 heavy (non-hydrogen) atoms. The predicted molar refractivity (Wildman–Crippen MR) is 73.1 cm³/mol. The summed E-state index contributed by atoms with van der Waals surface area (Å²) in [4.78, 5) is 11.5. The third-order valence-electron chi connectivity index (χ3n) is 4.02. The van der Waals surface area contributed by atoms with Crippen molar-refractivity contribution in [1.29, 1.82) is 0 Å². The molecule has 1 aliphatic rings. The summed E-state index contributed by atoms with van der Waals surface area (Å²) in [6.07, 6.45) is 5.23. The van der Waals surface area contributed by atoms with Crippen LogP contribution in [0.15, 0.2) is 11.5 Å². The lowest BCUT2D eigenvalue weighted by Crippen LogP contribution is -2.53. The Morgan fingerprint density at radius 2 is 2.53 bits per heavy atom. The third kappa shape index (κ3) is 2.76. The quantitative estimate of drug-likeness (QED) is 0.763. The molecular formula is C12H20N4O2S. The molecule has 1 aromatic heterocycles. The number of likely N-dealkylation sites (N-methyl/N-ethyl adjacent to an activating group) is 1. The number of nitrogens with one attached hydrogen (secondary N) is 1.